The van der Waals surface area contributed by atoms with Crippen LogP contribution in [0.5, 0.6) is 0 Å². The average molecular weight is 358 g/mol. The van der Waals surface area contributed by atoms with E-state index < -0.39 is 29.6 Å². The SMILES string of the molecule is COC(=O)C1=C[C@@H](c2ccccc2)[C@@]2(CCCCC2=O)[C@@H](OC(C)=O)O1. The van der Waals surface area contributed by atoms with Crippen LogP contribution < -0.4 is 0 Å². The largest absolute Gasteiger partial charge is 0.463 e. The van der Waals surface area contributed by atoms with Gasteiger partial charge in [-0.15, -0.1) is 0 Å². The number of ether oxygens (including phenoxy) is 3. The van der Waals surface area contributed by atoms with Gasteiger partial charge in [0.05, 0.1) is 7.11 Å². The topological polar surface area (TPSA) is 78.9 Å². The first-order valence-corrected chi connectivity index (χ1v) is 8.71. The molecule has 6 heteroatoms. The minimum absolute atomic E-state index is 0.0102. The van der Waals surface area contributed by atoms with Crippen LogP contribution in [0.4, 0.5) is 0 Å². The van der Waals surface area contributed by atoms with Crippen molar-refractivity contribution in [2.24, 2.45) is 5.41 Å². The van der Waals surface area contributed by atoms with Crippen LogP contribution in [0.25, 0.3) is 0 Å². The van der Waals surface area contributed by atoms with Crippen molar-refractivity contribution in [2.45, 2.75) is 44.8 Å². The smallest absolute Gasteiger partial charge is 0.373 e. The zero-order chi connectivity index (χ0) is 18.7. The highest BCUT2D eigenvalue weighted by atomic mass is 16.7. The lowest BCUT2D eigenvalue weighted by atomic mass is 9.61. The lowest BCUT2D eigenvalue weighted by molar-refractivity contribution is -0.212. The molecule has 1 aromatic carbocycles. The monoisotopic (exact) mass is 358 g/mol. The van der Waals surface area contributed by atoms with Crippen LogP contribution in [0.15, 0.2) is 42.2 Å². The molecule has 26 heavy (non-hydrogen) atoms. The quantitative estimate of drug-likeness (QED) is 0.773. The van der Waals surface area contributed by atoms with Gasteiger partial charge in [0.2, 0.25) is 5.76 Å². The number of hydrogen-bond donors (Lipinski definition) is 0. The van der Waals surface area contributed by atoms with E-state index >= 15 is 0 Å². The number of allylic oxidation sites excluding steroid dienone is 1. The van der Waals surface area contributed by atoms with Crippen molar-refractivity contribution in [3.8, 4) is 0 Å². The summed E-state index contributed by atoms with van der Waals surface area (Å²) in [6.07, 6.45) is 3.00. The Morgan fingerprint density at radius 2 is 1.92 bits per heavy atom. The molecule has 1 aromatic rings. The Kier molecular flexibility index (Phi) is 5.11. The number of Topliss-reactive ketones (excluding diaryl/α,β-unsaturated/α-hetero) is 1. The molecule has 1 saturated carbocycles. The van der Waals surface area contributed by atoms with E-state index in [4.69, 9.17) is 14.2 Å². The minimum atomic E-state index is -1.16. The van der Waals surface area contributed by atoms with Crippen molar-refractivity contribution in [1.82, 2.24) is 0 Å². The van der Waals surface area contributed by atoms with E-state index in [2.05, 4.69) is 0 Å². The summed E-state index contributed by atoms with van der Waals surface area (Å²) in [6.45, 7) is 1.26. The summed E-state index contributed by atoms with van der Waals surface area (Å²) in [6, 6.07) is 9.43. The van der Waals surface area contributed by atoms with E-state index in [0.29, 0.717) is 12.8 Å². The molecule has 1 aliphatic carbocycles. The fourth-order valence-electron chi connectivity index (χ4n) is 3.91. The lowest BCUT2D eigenvalue weighted by Crippen LogP contribution is -2.53. The Balaban J connectivity index is 2.16. The van der Waals surface area contributed by atoms with E-state index in [1.807, 2.05) is 30.3 Å². The van der Waals surface area contributed by atoms with Gasteiger partial charge in [0, 0.05) is 19.3 Å². The molecule has 3 atom stereocenters. The molecule has 6 nitrogen and oxygen atoms in total. The zero-order valence-corrected chi connectivity index (χ0v) is 14.9. The van der Waals surface area contributed by atoms with Gasteiger partial charge in [-0.25, -0.2) is 4.79 Å². The number of methoxy groups -OCH3 is 1. The van der Waals surface area contributed by atoms with Gasteiger partial charge in [-0.05, 0) is 24.5 Å². The van der Waals surface area contributed by atoms with Crippen LogP contribution in [-0.2, 0) is 28.6 Å². The normalized spacial score (nSPS) is 28.1. The third kappa shape index (κ3) is 3.11. The summed E-state index contributed by atoms with van der Waals surface area (Å²) in [5, 5.41) is 0. The summed E-state index contributed by atoms with van der Waals surface area (Å²) in [5.74, 6) is -1.73. The molecule has 3 rings (SSSR count). The van der Waals surface area contributed by atoms with Crippen LogP contribution in [0, 0.1) is 5.41 Å². The molecule has 138 valence electrons. The second-order valence-electron chi connectivity index (χ2n) is 6.64. The maximum absolute atomic E-state index is 13.1. The molecule has 2 aliphatic rings. The van der Waals surface area contributed by atoms with E-state index in [1.165, 1.54) is 14.0 Å². The first-order valence-electron chi connectivity index (χ1n) is 8.71. The van der Waals surface area contributed by atoms with Gasteiger partial charge in [0.15, 0.2) is 0 Å². The lowest BCUT2D eigenvalue weighted by Gasteiger charge is -2.47. The van der Waals surface area contributed by atoms with Crippen LogP contribution in [-0.4, -0.2) is 31.1 Å². The summed E-state index contributed by atoms with van der Waals surface area (Å²) in [4.78, 5) is 36.8. The minimum Gasteiger partial charge on any atom is -0.463 e. The molecule has 0 aromatic heterocycles. The Labute approximate surface area is 152 Å². The van der Waals surface area contributed by atoms with E-state index in [0.717, 1.165) is 18.4 Å². The van der Waals surface area contributed by atoms with Gasteiger partial charge in [-0.3, -0.25) is 9.59 Å². The predicted octanol–water partition coefficient (Wildman–Crippen LogP) is 2.88. The van der Waals surface area contributed by atoms with Crippen LogP contribution in [0.1, 0.15) is 44.1 Å². The molecule has 0 saturated heterocycles. The first-order chi connectivity index (χ1) is 12.5. The van der Waals surface area contributed by atoms with Crippen molar-refractivity contribution in [2.75, 3.05) is 7.11 Å². The fraction of sp³-hybridized carbons (Fsp3) is 0.450. The summed E-state index contributed by atoms with van der Waals surface area (Å²) >= 11 is 0. The highest BCUT2D eigenvalue weighted by Crippen LogP contribution is 2.53. The maximum atomic E-state index is 13.1. The Bertz CT molecular complexity index is 738. The second kappa shape index (κ2) is 7.32. The van der Waals surface area contributed by atoms with Crippen LogP contribution >= 0.6 is 0 Å². The number of esters is 2. The van der Waals surface area contributed by atoms with Gasteiger partial charge >= 0.3 is 11.9 Å². The summed E-state index contributed by atoms with van der Waals surface area (Å²) in [7, 11) is 1.25. The van der Waals surface area contributed by atoms with Crippen molar-refractivity contribution in [1.29, 1.82) is 0 Å². The average Bonchev–Trinajstić information content (AvgIpc) is 2.65. The summed E-state index contributed by atoms with van der Waals surface area (Å²) in [5.41, 5.74) is -0.174. The number of carbonyl (C=O) groups excluding carboxylic acids is 3. The van der Waals surface area contributed by atoms with Crippen LogP contribution in [0.3, 0.4) is 0 Å². The summed E-state index contributed by atoms with van der Waals surface area (Å²) < 4.78 is 15.9. The van der Waals surface area contributed by atoms with E-state index in [-0.39, 0.29) is 11.5 Å². The Morgan fingerprint density at radius 3 is 2.54 bits per heavy atom. The molecule has 0 N–H and O–H groups in total. The number of hydrogen-bond acceptors (Lipinski definition) is 6. The molecule has 0 unspecified atom stereocenters. The van der Waals surface area contributed by atoms with Gasteiger partial charge in [-0.2, -0.15) is 0 Å². The number of ketones is 1. The molecule has 1 spiro atoms. The number of rotatable bonds is 3. The molecule has 0 amide bonds. The Hall–Kier alpha value is -2.63. The maximum Gasteiger partial charge on any atom is 0.373 e. The molecular formula is C20H22O6. The zero-order valence-electron chi connectivity index (χ0n) is 14.9. The third-order valence-corrected chi connectivity index (χ3v) is 5.11. The number of benzene rings is 1. The predicted molar refractivity (Wildman–Crippen MR) is 91.8 cm³/mol. The third-order valence-electron chi connectivity index (χ3n) is 5.11. The highest BCUT2D eigenvalue weighted by Gasteiger charge is 2.58. The van der Waals surface area contributed by atoms with E-state index in [9.17, 15) is 14.4 Å². The van der Waals surface area contributed by atoms with Gasteiger partial charge < -0.3 is 14.2 Å². The van der Waals surface area contributed by atoms with Crippen molar-refractivity contribution in [3.63, 3.8) is 0 Å². The fourth-order valence-corrected chi connectivity index (χ4v) is 3.91. The van der Waals surface area contributed by atoms with Crippen molar-refractivity contribution >= 4 is 17.7 Å². The van der Waals surface area contributed by atoms with Gasteiger partial charge in [0.25, 0.3) is 6.29 Å². The van der Waals surface area contributed by atoms with Crippen molar-refractivity contribution < 1.29 is 28.6 Å². The Morgan fingerprint density at radius 1 is 1.19 bits per heavy atom. The van der Waals surface area contributed by atoms with E-state index in [1.54, 1.807) is 6.08 Å². The molecule has 1 heterocycles. The van der Waals surface area contributed by atoms with Gasteiger partial charge in [-0.1, -0.05) is 36.8 Å². The molecule has 1 fully saturated rings. The molecule has 0 bridgehead atoms. The standard InChI is InChI=1S/C20H22O6/c1-13(21)25-19-20(11-7-6-10-17(20)22)15(14-8-4-3-5-9-14)12-16(26-19)18(23)24-2/h3-5,8-9,12,15,19H,6-7,10-11H2,1-2H3/t15-,19-,20+/m0/s1. The second-order valence-corrected chi connectivity index (χ2v) is 6.64. The van der Waals surface area contributed by atoms with Gasteiger partial charge in [0.1, 0.15) is 11.2 Å². The first kappa shape index (κ1) is 18.2. The molecule has 0 radical (unpaired) electrons. The van der Waals surface area contributed by atoms with Crippen LogP contribution in [0.2, 0.25) is 0 Å². The number of carbonyl (C=O) groups is 3. The van der Waals surface area contributed by atoms with Crippen molar-refractivity contribution in [3.05, 3.63) is 47.7 Å². The molecular weight excluding hydrogens is 336 g/mol. The highest BCUT2D eigenvalue weighted by molar-refractivity contribution is 5.91. The molecule has 1 aliphatic heterocycles.